The van der Waals surface area contributed by atoms with Gasteiger partial charge in [0, 0.05) is 17.0 Å². The van der Waals surface area contributed by atoms with Gasteiger partial charge in [0.15, 0.2) is 22.3 Å². The Morgan fingerprint density at radius 2 is 1.84 bits per heavy atom. The number of amides is 1. The van der Waals surface area contributed by atoms with Crippen molar-refractivity contribution in [2.45, 2.75) is 20.3 Å². The Balaban J connectivity index is 1.65. The first-order valence-electron chi connectivity index (χ1n) is 10.5. The number of aryl methyl sites for hydroxylation is 1. The maximum absolute atomic E-state index is 13.5. The van der Waals surface area contributed by atoms with Gasteiger partial charge in [0.05, 0.1) is 6.61 Å². The Hall–Kier alpha value is -3.39. The fourth-order valence-corrected chi connectivity index (χ4v) is 4.31. The maximum atomic E-state index is 13.5. The van der Waals surface area contributed by atoms with Gasteiger partial charge in [-0.05, 0) is 44.0 Å². The molecular weight excluding hydrogens is 428 g/mol. The number of carbonyl (C=O) groups excluding carboxylic acids is 2. The number of aromatic nitrogens is 1. The maximum Gasteiger partial charge on any atom is 0.358 e. The summed E-state index contributed by atoms with van der Waals surface area (Å²) in [5.41, 5.74) is 1.81. The van der Waals surface area contributed by atoms with E-state index in [0.29, 0.717) is 53.3 Å². The van der Waals surface area contributed by atoms with Gasteiger partial charge < -0.3 is 14.2 Å². The van der Waals surface area contributed by atoms with Crippen molar-refractivity contribution in [3.8, 4) is 11.5 Å². The largest absolute Gasteiger partial charge is 0.486 e. The molecule has 4 rings (SSSR count). The van der Waals surface area contributed by atoms with Gasteiger partial charge in [-0.3, -0.25) is 9.69 Å². The molecule has 1 aliphatic heterocycles. The van der Waals surface area contributed by atoms with E-state index < -0.39 is 5.97 Å². The molecule has 3 aromatic rings. The van der Waals surface area contributed by atoms with E-state index >= 15 is 0 Å². The van der Waals surface area contributed by atoms with Crippen LogP contribution in [-0.4, -0.2) is 43.2 Å². The third-order valence-corrected chi connectivity index (χ3v) is 5.98. The van der Waals surface area contributed by atoms with E-state index in [0.717, 1.165) is 5.56 Å². The van der Waals surface area contributed by atoms with Gasteiger partial charge in [0.25, 0.3) is 5.91 Å². The van der Waals surface area contributed by atoms with Crippen LogP contribution in [0.5, 0.6) is 11.5 Å². The van der Waals surface area contributed by atoms with Crippen molar-refractivity contribution >= 4 is 28.3 Å². The average molecular weight is 453 g/mol. The summed E-state index contributed by atoms with van der Waals surface area (Å²) in [5.74, 6) is 0.468. The fourth-order valence-electron chi connectivity index (χ4n) is 3.39. The predicted molar refractivity (Wildman–Crippen MR) is 122 cm³/mol. The number of esters is 1. The zero-order valence-electron chi connectivity index (χ0n) is 18.0. The molecule has 0 N–H and O–H groups in total. The lowest BCUT2D eigenvalue weighted by molar-refractivity contribution is 0.0519. The molecule has 8 heteroatoms. The Kier molecular flexibility index (Phi) is 6.70. The van der Waals surface area contributed by atoms with Crippen LogP contribution in [0.2, 0.25) is 0 Å². The molecule has 0 aliphatic carbocycles. The third-order valence-electron chi connectivity index (χ3n) is 4.99. The minimum absolute atomic E-state index is 0.220. The van der Waals surface area contributed by atoms with E-state index in [9.17, 15) is 9.59 Å². The topological polar surface area (TPSA) is 78.0 Å². The second kappa shape index (κ2) is 9.82. The number of anilines is 1. The predicted octanol–water partition coefficient (Wildman–Crippen LogP) is 4.29. The van der Waals surface area contributed by atoms with Gasteiger partial charge in [0.2, 0.25) is 0 Å². The molecule has 7 nitrogen and oxygen atoms in total. The molecule has 0 unspecified atom stereocenters. The van der Waals surface area contributed by atoms with Crippen molar-refractivity contribution in [1.29, 1.82) is 0 Å². The van der Waals surface area contributed by atoms with E-state index in [1.807, 2.05) is 30.3 Å². The van der Waals surface area contributed by atoms with Crippen LogP contribution in [-0.2, 0) is 11.2 Å². The van der Waals surface area contributed by atoms with Crippen LogP contribution in [0.25, 0.3) is 0 Å². The molecule has 1 aromatic heterocycles. The van der Waals surface area contributed by atoms with Gasteiger partial charge in [-0.2, -0.15) is 0 Å². The quantitative estimate of drug-likeness (QED) is 0.498. The van der Waals surface area contributed by atoms with E-state index in [4.69, 9.17) is 14.2 Å². The van der Waals surface area contributed by atoms with Crippen LogP contribution in [0.1, 0.15) is 38.2 Å². The second-order valence-electron chi connectivity index (χ2n) is 7.17. The fraction of sp³-hybridized carbons (Fsp3) is 0.292. The highest BCUT2D eigenvalue weighted by atomic mass is 32.1. The van der Waals surface area contributed by atoms with Crippen molar-refractivity contribution in [3.63, 3.8) is 0 Å². The monoisotopic (exact) mass is 452 g/mol. The van der Waals surface area contributed by atoms with Gasteiger partial charge in [-0.1, -0.05) is 30.3 Å². The average Bonchev–Trinajstić information content (AvgIpc) is 3.21. The first kappa shape index (κ1) is 21.8. The van der Waals surface area contributed by atoms with Crippen LogP contribution in [0, 0.1) is 6.92 Å². The van der Waals surface area contributed by atoms with Gasteiger partial charge in [-0.15, -0.1) is 11.3 Å². The van der Waals surface area contributed by atoms with E-state index in [-0.39, 0.29) is 18.2 Å². The van der Waals surface area contributed by atoms with Crippen molar-refractivity contribution < 1.29 is 23.8 Å². The first-order valence-corrected chi connectivity index (χ1v) is 11.3. The molecule has 0 radical (unpaired) electrons. The van der Waals surface area contributed by atoms with Gasteiger partial charge >= 0.3 is 5.97 Å². The summed E-state index contributed by atoms with van der Waals surface area (Å²) >= 11 is 1.30. The number of benzene rings is 2. The van der Waals surface area contributed by atoms with Crippen molar-refractivity contribution in [2.24, 2.45) is 0 Å². The summed E-state index contributed by atoms with van der Waals surface area (Å²) in [5, 5.41) is 0.460. The van der Waals surface area contributed by atoms with E-state index in [2.05, 4.69) is 4.98 Å². The molecule has 32 heavy (non-hydrogen) atoms. The number of fused-ring (bicyclic) bond motifs is 1. The lowest BCUT2D eigenvalue weighted by Gasteiger charge is -2.22. The summed E-state index contributed by atoms with van der Waals surface area (Å²) < 4.78 is 16.3. The number of hydrogen-bond donors (Lipinski definition) is 0. The number of rotatable bonds is 7. The Labute approximate surface area is 190 Å². The Morgan fingerprint density at radius 3 is 2.59 bits per heavy atom. The van der Waals surface area contributed by atoms with Crippen molar-refractivity contribution in [1.82, 2.24) is 4.98 Å². The molecule has 0 saturated carbocycles. The van der Waals surface area contributed by atoms with Crippen LogP contribution in [0.4, 0.5) is 5.13 Å². The highest BCUT2D eigenvalue weighted by Gasteiger charge is 2.26. The molecule has 1 aliphatic rings. The number of nitrogens with zero attached hydrogens (tertiary/aromatic N) is 2. The summed E-state index contributed by atoms with van der Waals surface area (Å²) in [7, 11) is 0. The minimum Gasteiger partial charge on any atom is -0.486 e. The normalized spacial score (nSPS) is 12.3. The molecule has 0 saturated heterocycles. The molecule has 0 spiro atoms. The van der Waals surface area contributed by atoms with Crippen molar-refractivity contribution in [3.05, 3.63) is 70.2 Å². The molecule has 2 aromatic carbocycles. The highest BCUT2D eigenvalue weighted by Crippen LogP contribution is 2.33. The molecule has 166 valence electrons. The molecule has 0 fully saturated rings. The molecule has 1 amide bonds. The van der Waals surface area contributed by atoms with E-state index in [1.165, 1.54) is 11.3 Å². The smallest absolute Gasteiger partial charge is 0.358 e. The Morgan fingerprint density at radius 1 is 1.09 bits per heavy atom. The van der Waals surface area contributed by atoms with Crippen LogP contribution < -0.4 is 14.4 Å². The lowest BCUT2D eigenvalue weighted by atomic mass is 10.1. The summed E-state index contributed by atoms with van der Waals surface area (Å²) in [4.78, 5) is 32.6. The van der Waals surface area contributed by atoms with Gasteiger partial charge in [-0.25, -0.2) is 9.78 Å². The lowest BCUT2D eigenvalue weighted by Crippen LogP contribution is -2.33. The Bertz CT molecular complexity index is 1110. The first-order chi connectivity index (χ1) is 15.6. The standard InChI is InChI=1S/C24H24N2O5S/c1-3-29-23(28)21-16(2)32-24(25-21)26(12-11-17-7-5-4-6-8-17)22(27)18-9-10-19-20(15-18)31-14-13-30-19/h4-10,15H,3,11-14H2,1-2H3. The highest BCUT2D eigenvalue weighted by molar-refractivity contribution is 7.16. The summed E-state index contributed by atoms with van der Waals surface area (Å²) in [6.45, 7) is 5.15. The van der Waals surface area contributed by atoms with E-state index in [1.54, 1.807) is 36.9 Å². The molecule has 2 heterocycles. The number of thiazole rings is 1. The summed E-state index contributed by atoms with van der Waals surface area (Å²) in [6.07, 6.45) is 0.643. The minimum atomic E-state index is -0.484. The zero-order valence-corrected chi connectivity index (χ0v) is 18.8. The molecular formula is C24H24N2O5S. The molecule has 0 bridgehead atoms. The molecule has 0 atom stereocenters. The number of hydrogen-bond acceptors (Lipinski definition) is 7. The zero-order chi connectivity index (χ0) is 22.5. The SMILES string of the molecule is CCOC(=O)c1nc(N(CCc2ccccc2)C(=O)c2ccc3c(c2)OCCO3)sc1C. The van der Waals surface area contributed by atoms with Gasteiger partial charge in [0.1, 0.15) is 13.2 Å². The second-order valence-corrected chi connectivity index (χ2v) is 8.35. The van der Waals surface area contributed by atoms with Crippen molar-refractivity contribution in [2.75, 3.05) is 31.3 Å². The van der Waals surface area contributed by atoms with Crippen LogP contribution in [0.15, 0.2) is 48.5 Å². The van der Waals surface area contributed by atoms with Crippen LogP contribution in [0.3, 0.4) is 0 Å². The number of ether oxygens (including phenoxy) is 3. The van der Waals surface area contributed by atoms with Crippen LogP contribution >= 0.6 is 11.3 Å². The summed E-state index contributed by atoms with van der Waals surface area (Å²) in [6, 6.07) is 15.1. The number of carbonyl (C=O) groups is 2. The third kappa shape index (κ3) is 4.75.